The summed E-state index contributed by atoms with van der Waals surface area (Å²) < 4.78 is 1.94. The number of hydrogen-bond donors (Lipinski definition) is 3. The van der Waals surface area contributed by atoms with Crippen LogP contribution >= 0.6 is 0 Å². The first kappa shape index (κ1) is 40.9. The molecule has 3 saturated heterocycles. The summed E-state index contributed by atoms with van der Waals surface area (Å²) in [5, 5.41) is 10.9. The molecule has 4 amide bonds. The topological polar surface area (TPSA) is 152 Å². The molecule has 0 unspecified atom stereocenters. The summed E-state index contributed by atoms with van der Waals surface area (Å²) >= 11 is 0. The van der Waals surface area contributed by atoms with E-state index >= 15 is 0 Å². The summed E-state index contributed by atoms with van der Waals surface area (Å²) in [6, 6.07) is 18.6. The van der Waals surface area contributed by atoms with Crippen LogP contribution in [0.15, 0.2) is 71.8 Å². The van der Waals surface area contributed by atoms with Gasteiger partial charge in [0.2, 0.25) is 5.91 Å². The van der Waals surface area contributed by atoms with Crippen molar-refractivity contribution >= 4 is 40.3 Å². The molecule has 0 aliphatic carbocycles. The summed E-state index contributed by atoms with van der Waals surface area (Å²) in [5.41, 5.74) is 7.38. The summed E-state index contributed by atoms with van der Waals surface area (Å²) in [6.07, 6.45) is 7.88. The van der Waals surface area contributed by atoms with Gasteiger partial charge in [-0.25, -0.2) is 9.78 Å². The van der Waals surface area contributed by atoms with Crippen LogP contribution < -0.4 is 26.0 Å². The highest BCUT2D eigenvalue weighted by atomic mass is 16.2. The third-order valence-electron chi connectivity index (χ3n) is 12.2. The molecule has 2 aromatic carbocycles. The lowest BCUT2D eigenvalue weighted by molar-refractivity contribution is -0.120. The van der Waals surface area contributed by atoms with Gasteiger partial charge in [0.25, 0.3) is 11.5 Å². The first-order chi connectivity index (χ1) is 29.0. The highest BCUT2D eigenvalue weighted by Crippen LogP contribution is 2.31. The third-order valence-corrected chi connectivity index (χ3v) is 12.2. The van der Waals surface area contributed by atoms with Crippen molar-refractivity contribution in [2.75, 3.05) is 55.6 Å². The Labute approximate surface area is 350 Å². The van der Waals surface area contributed by atoms with E-state index in [-0.39, 0.29) is 36.0 Å². The van der Waals surface area contributed by atoms with Gasteiger partial charge in [0.1, 0.15) is 5.82 Å². The third kappa shape index (κ3) is 8.85. The lowest BCUT2D eigenvalue weighted by Gasteiger charge is -2.43. The second-order valence-corrected chi connectivity index (χ2v) is 16.7. The fourth-order valence-electron chi connectivity index (χ4n) is 9.04. The molecule has 8 rings (SSSR count). The van der Waals surface area contributed by atoms with Gasteiger partial charge in [0.05, 0.1) is 17.3 Å². The molecule has 0 spiro atoms. The first-order valence-electron chi connectivity index (χ1n) is 21.4. The molecular formula is C46H56N10O4. The van der Waals surface area contributed by atoms with Crippen LogP contribution in [0.1, 0.15) is 85.2 Å². The standard InChI is InChI=1S/C46H56N10O4/c1-5-7-33-22-31(4)50-45(59)39(33)27-48-44(58)38-24-35(25-41-40(38)28-49-56(41)30(2)3)34-10-11-42(47-26-34)54-20-18-53(19-21-54)36-12-15-52(16-13-36)29-32-8-6-9-37(23-32)55-17-14-43(57)51-46(55)60/h6,8-11,22-26,28,30,36H,5,7,12-21,27,29H2,1-4H3,(H,48,58)(H,50,59)(H,51,57,60). The van der Waals surface area contributed by atoms with E-state index < -0.39 is 0 Å². The summed E-state index contributed by atoms with van der Waals surface area (Å²) in [4.78, 5) is 67.8. The summed E-state index contributed by atoms with van der Waals surface area (Å²) in [6.45, 7) is 15.3. The number of aryl methyl sites for hydroxylation is 2. The van der Waals surface area contributed by atoms with Crippen molar-refractivity contribution in [1.82, 2.24) is 40.2 Å². The Balaban J connectivity index is 0.883. The van der Waals surface area contributed by atoms with Gasteiger partial charge in [0, 0.05) is 98.4 Å². The lowest BCUT2D eigenvalue weighted by atomic mass is 10.00. The van der Waals surface area contributed by atoms with Crippen LogP contribution in [-0.2, 0) is 24.3 Å². The minimum Gasteiger partial charge on any atom is -0.354 e. The molecule has 6 heterocycles. The number of likely N-dealkylation sites (tertiary alicyclic amines) is 1. The quantitative estimate of drug-likeness (QED) is 0.142. The Hall–Kier alpha value is -5.86. The Morgan fingerprint density at radius 3 is 2.43 bits per heavy atom. The van der Waals surface area contributed by atoms with Crippen molar-refractivity contribution in [3.05, 3.63) is 105 Å². The number of nitrogens with zero attached hydrogens (tertiary/aromatic N) is 7. The summed E-state index contributed by atoms with van der Waals surface area (Å²) in [5.74, 6) is 0.470. The number of fused-ring (bicyclic) bond motifs is 1. The van der Waals surface area contributed by atoms with Crippen LogP contribution in [0.2, 0.25) is 0 Å². The van der Waals surface area contributed by atoms with E-state index in [9.17, 15) is 19.2 Å². The Kier molecular flexibility index (Phi) is 12.1. The Morgan fingerprint density at radius 1 is 0.917 bits per heavy atom. The average Bonchev–Trinajstić information content (AvgIpc) is 3.68. The van der Waals surface area contributed by atoms with E-state index in [0.717, 1.165) is 116 Å². The highest BCUT2D eigenvalue weighted by Gasteiger charge is 2.29. The van der Waals surface area contributed by atoms with Gasteiger partial charge in [-0.1, -0.05) is 25.5 Å². The monoisotopic (exact) mass is 812 g/mol. The number of amides is 4. The van der Waals surface area contributed by atoms with Gasteiger partial charge in [-0.3, -0.25) is 39.1 Å². The maximum absolute atomic E-state index is 13.9. The van der Waals surface area contributed by atoms with E-state index in [0.29, 0.717) is 30.1 Å². The molecule has 3 aliphatic rings. The van der Waals surface area contributed by atoms with E-state index in [2.05, 4.69) is 86.5 Å². The second kappa shape index (κ2) is 17.8. The molecule has 0 saturated carbocycles. The molecule has 14 nitrogen and oxygen atoms in total. The van der Waals surface area contributed by atoms with Crippen LogP contribution in [-0.4, -0.2) is 99.2 Å². The van der Waals surface area contributed by atoms with Gasteiger partial charge >= 0.3 is 6.03 Å². The van der Waals surface area contributed by atoms with Crippen LogP contribution in [0.3, 0.4) is 0 Å². The normalized spacial score (nSPS) is 17.1. The number of urea groups is 1. The number of imide groups is 1. The molecule has 0 radical (unpaired) electrons. The smallest absolute Gasteiger partial charge is 0.328 e. The number of piperidine rings is 1. The molecule has 0 atom stereocenters. The lowest BCUT2D eigenvalue weighted by Crippen LogP contribution is -2.53. The molecule has 5 aromatic rings. The van der Waals surface area contributed by atoms with Gasteiger partial charge in [-0.15, -0.1) is 0 Å². The number of H-pyrrole nitrogens is 1. The number of aromatic nitrogens is 4. The van der Waals surface area contributed by atoms with Crippen LogP contribution in [0, 0.1) is 6.92 Å². The zero-order valence-corrected chi connectivity index (χ0v) is 35.2. The zero-order chi connectivity index (χ0) is 41.9. The van der Waals surface area contributed by atoms with E-state index in [1.807, 2.05) is 42.1 Å². The predicted octanol–water partition coefficient (Wildman–Crippen LogP) is 5.79. The van der Waals surface area contributed by atoms with Crippen LogP contribution in [0.25, 0.3) is 22.0 Å². The number of carbonyl (C=O) groups excluding carboxylic acids is 3. The zero-order valence-electron chi connectivity index (χ0n) is 35.2. The van der Waals surface area contributed by atoms with Crippen molar-refractivity contribution < 1.29 is 14.4 Å². The van der Waals surface area contributed by atoms with Crippen molar-refractivity contribution in [1.29, 1.82) is 0 Å². The number of carbonyl (C=O) groups is 3. The number of pyridine rings is 2. The SMILES string of the molecule is CCCc1cc(C)[nH]c(=O)c1CNC(=O)c1cc(-c2ccc(N3CCN(C4CCN(Cc5cccc(N6CCC(=O)NC6=O)c5)CC4)CC3)nc2)cc2c1cnn2C(C)C. The minimum atomic E-state index is -0.352. The van der Waals surface area contributed by atoms with Crippen LogP contribution in [0.4, 0.5) is 16.3 Å². The van der Waals surface area contributed by atoms with E-state index in [4.69, 9.17) is 4.98 Å². The van der Waals surface area contributed by atoms with Gasteiger partial charge in [-0.05, 0) is 112 Å². The molecule has 3 fully saturated rings. The highest BCUT2D eigenvalue weighted by molar-refractivity contribution is 6.08. The molecule has 60 heavy (non-hydrogen) atoms. The van der Waals surface area contributed by atoms with Crippen LogP contribution in [0.5, 0.6) is 0 Å². The molecule has 14 heteroatoms. The molecule has 3 aliphatic heterocycles. The number of rotatable bonds is 12. The molecule has 3 N–H and O–H groups in total. The van der Waals surface area contributed by atoms with Crippen molar-refractivity contribution in [2.24, 2.45) is 0 Å². The maximum atomic E-state index is 13.9. The average molecular weight is 813 g/mol. The molecule has 3 aromatic heterocycles. The largest absolute Gasteiger partial charge is 0.354 e. The number of benzene rings is 2. The number of nitrogens with one attached hydrogen (secondary N) is 3. The van der Waals surface area contributed by atoms with Gasteiger partial charge < -0.3 is 15.2 Å². The van der Waals surface area contributed by atoms with Crippen molar-refractivity contribution in [2.45, 2.75) is 85.0 Å². The van der Waals surface area contributed by atoms with E-state index in [1.54, 1.807) is 11.1 Å². The Bertz CT molecular complexity index is 2420. The van der Waals surface area contributed by atoms with Gasteiger partial charge in [0.15, 0.2) is 0 Å². The molecule has 314 valence electrons. The second-order valence-electron chi connectivity index (χ2n) is 16.7. The van der Waals surface area contributed by atoms with Crippen molar-refractivity contribution in [3.63, 3.8) is 0 Å². The maximum Gasteiger partial charge on any atom is 0.328 e. The summed E-state index contributed by atoms with van der Waals surface area (Å²) in [7, 11) is 0. The number of anilines is 2. The number of hydrogen-bond acceptors (Lipinski definition) is 9. The van der Waals surface area contributed by atoms with Gasteiger partial charge in [-0.2, -0.15) is 5.10 Å². The fraction of sp³-hybridized carbons (Fsp3) is 0.435. The predicted molar refractivity (Wildman–Crippen MR) is 234 cm³/mol. The number of aromatic amines is 1. The van der Waals surface area contributed by atoms with Crippen molar-refractivity contribution in [3.8, 4) is 11.1 Å². The Morgan fingerprint density at radius 2 is 1.72 bits per heavy atom. The first-order valence-corrected chi connectivity index (χ1v) is 21.4. The minimum absolute atomic E-state index is 0.0953. The van der Waals surface area contributed by atoms with E-state index in [1.165, 1.54) is 5.56 Å². The molecular weight excluding hydrogens is 757 g/mol. The number of piperazine rings is 1. The fourth-order valence-corrected chi connectivity index (χ4v) is 9.04. The molecule has 0 bridgehead atoms.